The lowest BCUT2D eigenvalue weighted by Crippen LogP contribution is -2.06. The summed E-state index contributed by atoms with van der Waals surface area (Å²) in [6.07, 6.45) is 1.68. The van der Waals surface area contributed by atoms with Crippen LogP contribution >= 0.6 is 0 Å². The van der Waals surface area contributed by atoms with Crippen LogP contribution in [0.15, 0.2) is 85.1 Å². The fourth-order valence-electron chi connectivity index (χ4n) is 3.69. The Balaban J connectivity index is 1.78. The van der Waals surface area contributed by atoms with E-state index in [9.17, 15) is 0 Å². The van der Waals surface area contributed by atoms with Gasteiger partial charge in [0.25, 0.3) is 0 Å². The molecular formula is C25H22N6. The number of hydrogen-bond donors (Lipinski definition) is 2. The molecule has 31 heavy (non-hydrogen) atoms. The van der Waals surface area contributed by atoms with Crippen molar-refractivity contribution in [2.75, 3.05) is 5.73 Å². The molecule has 0 saturated heterocycles. The van der Waals surface area contributed by atoms with Gasteiger partial charge in [0.2, 0.25) is 0 Å². The van der Waals surface area contributed by atoms with Crippen molar-refractivity contribution in [3.8, 4) is 28.3 Å². The molecule has 0 amide bonds. The molecule has 1 unspecified atom stereocenters. The molecule has 0 fully saturated rings. The summed E-state index contributed by atoms with van der Waals surface area (Å²) in [5.41, 5.74) is 18.5. The van der Waals surface area contributed by atoms with Crippen LogP contribution in [0.5, 0.6) is 0 Å². The third-order valence-corrected chi connectivity index (χ3v) is 5.33. The molecule has 0 radical (unpaired) electrons. The van der Waals surface area contributed by atoms with Gasteiger partial charge in [0.15, 0.2) is 11.5 Å². The van der Waals surface area contributed by atoms with Gasteiger partial charge in [0.1, 0.15) is 11.3 Å². The Kier molecular flexibility index (Phi) is 4.69. The first kappa shape index (κ1) is 19.0. The molecule has 0 aliphatic carbocycles. The van der Waals surface area contributed by atoms with Gasteiger partial charge < -0.3 is 11.5 Å². The number of fused-ring (bicyclic) bond motifs is 1. The molecule has 6 nitrogen and oxygen atoms in total. The molecule has 0 bridgehead atoms. The van der Waals surface area contributed by atoms with Crippen molar-refractivity contribution < 1.29 is 0 Å². The molecule has 3 heterocycles. The quantitative estimate of drug-likeness (QED) is 0.449. The van der Waals surface area contributed by atoms with Gasteiger partial charge in [-0.1, -0.05) is 42.5 Å². The summed E-state index contributed by atoms with van der Waals surface area (Å²) in [6.45, 7) is 1.97. The first-order chi connectivity index (χ1) is 15.1. The largest absolute Gasteiger partial charge is 0.383 e. The van der Waals surface area contributed by atoms with Crippen LogP contribution in [0.3, 0.4) is 0 Å². The summed E-state index contributed by atoms with van der Waals surface area (Å²) in [4.78, 5) is 14.1. The summed E-state index contributed by atoms with van der Waals surface area (Å²) < 4.78 is 2.03. The Labute approximate surface area is 180 Å². The van der Waals surface area contributed by atoms with Gasteiger partial charge in [0.05, 0.1) is 11.3 Å². The number of nitrogen functional groups attached to an aromatic ring is 1. The minimum absolute atomic E-state index is 0.0372. The molecule has 1 atom stereocenters. The number of pyridine rings is 2. The lowest BCUT2D eigenvalue weighted by molar-refractivity contribution is 0.817. The summed E-state index contributed by atoms with van der Waals surface area (Å²) in [6, 6.07) is 26.0. The smallest absolute Gasteiger partial charge is 0.165 e. The van der Waals surface area contributed by atoms with Crippen LogP contribution in [-0.2, 0) is 0 Å². The Hall–Kier alpha value is -4.03. The maximum absolute atomic E-state index is 6.20. The predicted molar refractivity (Wildman–Crippen MR) is 125 cm³/mol. The lowest BCUT2D eigenvalue weighted by Gasteiger charge is -2.12. The molecule has 3 aromatic heterocycles. The zero-order chi connectivity index (χ0) is 21.4. The molecule has 152 valence electrons. The second kappa shape index (κ2) is 7.66. The van der Waals surface area contributed by atoms with E-state index in [1.807, 2.05) is 90.4 Å². The fraction of sp³-hybridized carbons (Fsp3) is 0.0800. The standard InChI is InChI=1S/C25H22N6/c1-16(26)17-9-11-19(12-10-17)31-24(20-8-5-15-28-23(20)27)30-22-14-13-21(29-25(22)31)18-6-3-2-4-7-18/h2-16H,26H2,1H3,(H2,27,28). The SMILES string of the molecule is CC(N)c1ccc(-n2c(-c3cccnc3N)nc3ccc(-c4ccccc4)nc32)cc1. The fourth-order valence-corrected chi connectivity index (χ4v) is 3.69. The zero-order valence-corrected chi connectivity index (χ0v) is 17.1. The van der Waals surface area contributed by atoms with Crippen LogP contribution < -0.4 is 11.5 Å². The predicted octanol–water partition coefficient (Wildman–Crippen LogP) is 4.75. The van der Waals surface area contributed by atoms with Crippen LogP contribution in [0.4, 0.5) is 5.82 Å². The van der Waals surface area contributed by atoms with E-state index >= 15 is 0 Å². The molecule has 0 saturated carbocycles. The van der Waals surface area contributed by atoms with E-state index in [1.165, 1.54) is 0 Å². The first-order valence-corrected chi connectivity index (χ1v) is 10.1. The highest BCUT2D eigenvalue weighted by Gasteiger charge is 2.18. The highest BCUT2D eigenvalue weighted by atomic mass is 15.1. The van der Waals surface area contributed by atoms with Gasteiger partial charge in [-0.25, -0.2) is 15.0 Å². The Bertz CT molecular complexity index is 1350. The van der Waals surface area contributed by atoms with Gasteiger partial charge in [-0.2, -0.15) is 0 Å². The zero-order valence-electron chi connectivity index (χ0n) is 17.1. The first-order valence-electron chi connectivity index (χ1n) is 10.1. The maximum atomic E-state index is 6.20. The number of benzene rings is 2. The molecular weight excluding hydrogens is 384 g/mol. The van der Waals surface area contributed by atoms with Gasteiger partial charge in [0, 0.05) is 23.5 Å². The molecule has 5 rings (SSSR count). The minimum atomic E-state index is -0.0372. The number of anilines is 1. The lowest BCUT2D eigenvalue weighted by atomic mass is 10.1. The van der Waals surface area contributed by atoms with Crippen LogP contribution in [0.1, 0.15) is 18.5 Å². The number of aromatic nitrogens is 4. The van der Waals surface area contributed by atoms with E-state index in [2.05, 4.69) is 4.98 Å². The summed E-state index contributed by atoms with van der Waals surface area (Å²) in [7, 11) is 0. The summed E-state index contributed by atoms with van der Waals surface area (Å²) >= 11 is 0. The van der Waals surface area contributed by atoms with Gasteiger partial charge >= 0.3 is 0 Å². The van der Waals surface area contributed by atoms with E-state index in [-0.39, 0.29) is 6.04 Å². The third kappa shape index (κ3) is 3.43. The summed E-state index contributed by atoms with van der Waals surface area (Å²) in [5.74, 6) is 1.13. The second-order valence-corrected chi connectivity index (χ2v) is 7.49. The Morgan fingerprint density at radius 1 is 0.839 bits per heavy atom. The topological polar surface area (TPSA) is 95.6 Å². The van der Waals surface area contributed by atoms with Crippen molar-refractivity contribution >= 4 is 17.0 Å². The van der Waals surface area contributed by atoms with E-state index < -0.39 is 0 Å². The molecule has 6 heteroatoms. The number of hydrogen-bond acceptors (Lipinski definition) is 5. The normalized spacial score (nSPS) is 12.2. The monoisotopic (exact) mass is 406 g/mol. The molecule has 0 spiro atoms. The average molecular weight is 406 g/mol. The average Bonchev–Trinajstić information content (AvgIpc) is 3.18. The maximum Gasteiger partial charge on any atom is 0.165 e. The molecule has 0 aliphatic heterocycles. The minimum Gasteiger partial charge on any atom is -0.383 e. The third-order valence-electron chi connectivity index (χ3n) is 5.33. The van der Waals surface area contributed by atoms with Crippen LogP contribution in [0.25, 0.3) is 39.5 Å². The number of imidazole rings is 1. The van der Waals surface area contributed by atoms with E-state index in [4.69, 9.17) is 21.4 Å². The van der Waals surface area contributed by atoms with Crippen molar-refractivity contribution in [1.82, 2.24) is 19.5 Å². The second-order valence-electron chi connectivity index (χ2n) is 7.49. The highest BCUT2D eigenvalue weighted by molar-refractivity contribution is 5.84. The number of nitrogens with zero attached hydrogens (tertiary/aromatic N) is 4. The molecule has 0 aliphatic rings. The summed E-state index contributed by atoms with van der Waals surface area (Å²) in [5, 5.41) is 0. The van der Waals surface area contributed by atoms with Crippen molar-refractivity contribution in [1.29, 1.82) is 0 Å². The van der Waals surface area contributed by atoms with Gasteiger partial charge in [-0.05, 0) is 48.9 Å². The number of rotatable bonds is 4. The molecule has 5 aromatic rings. The van der Waals surface area contributed by atoms with Gasteiger partial charge in [-0.15, -0.1) is 0 Å². The van der Waals surface area contributed by atoms with E-state index in [0.717, 1.165) is 39.2 Å². The van der Waals surface area contributed by atoms with Crippen LogP contribution in [0, 0.1) is 0 Å². The van der Waals surface area contributed by atoms with E-state index in [0.29, 0.717) is 11.6 Å². The Morgan fingerprint density at radius 2 is 1.61 bits per heavy atom. The van der Waals surface area contributed by atoms with Crippen LogP contribution in [0.2, 0.25) is 0 Å². The van der Waals surface area contributed by atoms with E-state index in [1.54, 1.807) is 6.20 Å². The number of nitrogens with two attached hydrogens (primary N) is 2. The molecule has 4 N–H and O–H groups in total. The van der Waals surface area contributed by atoms with Crippen LogP contribution in [-0.4, -0.2) is 19.5 Å². The van der Waals surface area contributed by atoms with Crippen molar-refractivity contribution in [3.63, 3.8) is 0 Å². The highest BCUT2D eigenvalue weighted by Crippen LogP contribution is 2.31. The van der Waals surface area contributed by atoms with Crippen molar-refractivity contribution in [2.24, 2.45) is 5.73 Å². The molecule has 2 aromatic carbocycles. The Morgan fingerprint density at radius 3 is 2.32 bits per heavy atom. The van der Waals surface area contributed by atoms with Gasteiger partial charge in [-0.3, -0.25) is 4.57 Å². The van der Waals surface area contributed by atoms with Crippen molar-refractivity contribution in [3.05, 3.63) is 90.6 Å². The van der Waals surface area contributed by atoms with Crippen molar-refractivity contribution in [2.45, 2.75) is 13.0 Å².